The van der Waals surface area contributed by atoms with Gasteiger partial charge in [-0.2, -0.15) is 0 Å². The zero-order valence-corrected chi connectivity index (χ0v) is 27.7. The van der Waals surface area contributed by atoms with Crippen LogP contribution in [0.3, 0.4) is 0 Å². The Labute approximate surface area is 266 Å². The summed E-state index contributed by atoms with van der Waals surface area (Å²) in [5.74, 6) is 0. The van der Waals surface area contributed by atoms with Crippen LogP contribution in [0.5, 0.6) is 0 Å². The molecule has 0 aliphatic carbocycles. The van der Waals surface area contributed by atoms with E-state index in [4.69, 9.17) is 4.98 Å². The number of para-hydroxylation sites is 1. The molecule has 0 amide bonds. The van der Waals surface area contributed by atoms with Crippen molar-refractivity contribution >= 4 is 17.0 Å². The smallest absolute Gasteiger partial charge is 0.251 e. The van der Waals surface area contributed by atoms with Crippen LogP contribution >= 0.6 is 0 Å². The molecule has 3 aromatic heterocycles. The van der Waals surface area contributed by atoms with Crippen molar-refractivity contribution in [3.63, 3.8) is 0 Å². The summed E-state index contributed by atoms with van der Waals surface area (Å²) in [7, 11) is 0. The Balaban J connectivity index is 0.000000233. The van der Waals surface area contributed by atoms with Gasteiger partial charge in [0.1, 0.15) is 5.60 Å². The second kappa shape index (κ2) is 14.8. The molecular formula is C39H45N3O3. The summed E-state index contributed by atoms with van der Waals surface area (Å²) in [6, 6.07) is 26.8. The van der Waals surface area contributed by atoms with Crippen LogP contribution in [0.4, 0.5) is 0 Å². The number of aromatic amines is 2. The SMILES string of the molecule is C=C(/C=C\c1ccccc1C)C(C)(O)c1cccc(=O)[nH]1.CC.Cc1cc(C)c(=O)[nH]c1C(C)(C)c1ccc2ccccc2n1. The summed E-state index contributed by atoms with van der Waals surface area (Å²) >= 11 is 0. The Morgan fingerprint density at radius 2 is 1.47 bits per heavy atom. The Hall–Kier alpha value is -4.81. The first-order valence-corrected chi connectivity index (χ1v) is 15.2. The van der Waals surface area contributed by atoms with Crippen molar-refractivity contribution in [3.8, 4) is 0 Å². The largest absolute Gasteiger partial charge is 0.379 e. The zero-order chi connectivity index (χ0) is 33.4. The Bertz CT molecular complexity index is 1930. The highest BCUT2D eigenvalue weighted by Crippen LogP contribution is 2.31. The number of aryl methyl sites for hydroxylation is 3. The van der Waals surface area contributed by atoms with Crippen molar-refractivity contribution in [3.05, 3.63) is 163 Å². The molecule has 0 aliphatic heterocycles. The molecule has 6 heteroatoms. The van der Waals surface area contributed by atoms with Gasteiger partial charge in [0.05, 0.1) is 16.9 Å². The maximum Gasteiger partial charge on any atom is 0.251 e. The lowest BCUT2D eigenvalue weighted by Crippen LogP contribution is -2.27. The molecule has 5 rings (SSSR count). The lowest BCUT2D eigenvalue weighted by Gasteiger charge is -2.26. The minimum atomic E-state index is -1.32. The number of rotatable bonds is 6. The standard InChI is InChI=1S/C19H20N2O.C18H19NO2.C2H6/c1-12-11-13(2)18(22)21-17(12)19(3,4)16-10-9-14-7-5-6-8-15(14)20-16;1-13-7-4-5-8-15(13)12-11-14(2)18(3,21)16-9-6-10-17(20)19-16;1-2/h5-11H,1-4H3,(H,21,22);4-12,21H,2H2,1,3H3,(H,19,20);1-2H3/b;12-11-;. The molecule has 6 nitrogen and oxygen atoms in total. The normalized spacial score (nSPS) is 12.5. The molecule has 3 N–H and O–H groups in total. The Kier molecular flexibility index (Phi) is 11.4. The van der Waals surface area contributed by atoms with Gasteiger partial charge in [0.15, 0.2) is 0 Å². The fraction of sp³-hybridized carbons (Fsp3) is 0.256. The van der Waals surface area contributed by atoms with Crippen LogP contribution in [0.1, 0.15) is 74.0 Å². The molecule has 0 spiro atoms. The first kappa shape index (κ1) is 34.7. The highest BCUT2D eigenvalue weighted by atomic mass is 16.3. The number of nitrogens with zero attached hydrogens (tertiary/aromatic N) is 1. The van der Waals surface area contributed by atoms with E-state index in [-0.39, 0.29) is 16.5 Å². The molecule has 1 unspecified atom stereocenters. The van der Waals surface area contributed by atoms with E-state index in [0.717, 1.165) is 44.5 Å². The molecular weight excluding hydrogens is 558 g/mol. The summed E-state index contributed by atoms with van der Waals surface area (Å²) in [4.78, 5) is 33.8. The van der Waals surface area contributed by atoms with E-state index in [1.807, 2.05) is 95.3 Å². The van der Waals surface area contributed by atoms with Crippen LogP contribution in [0.25, 0.3) is 17.0 Å². The summed E-state index contributed by atoms with van der Waals surface area (Å²) in [6.07, 6.45) is 3.68. The predicted octanol–water partition coefficient (Wildman–Crippen LogP) is 8.05. The monoisotopic (exact) mass is 603 g/mol. The number of nitrogens with one attached hydrogen (secondary N) is 2. The van der Waals surface area contributed by atoms with Crippen molar-refractivity contribution in [1.29, 1.82) is 0 Å². The quantitative estimate of drug-likeness (QED) is 0.171. The van der Waals surface area contributed by atoms with Crippen LogP contribution in [0, 0.1) is 20.8 Å². The average Bonchev–Trinajstić information content (AvgIpc) is 3.03. The van der Waals surface area contributed by atoms with Crippen LogP contribution in [0.2, 0.25) is 0 Å². The molecule has 0 saturated carbocycles. The van der Waals surface area contributed by atoms with Crippen LogP contribution in [-0.4, -0.2) is 20.1 Å². The van der Waals surface area contributed by atoms with E-state index >= 15 is 0 Å². The van der Waals surface area contributed by atoms with Crippen molar-refractivity contribution in [2.45, 2.75) is 66.4 Å². The third-order valence-electron chi connectivity index (χ3n) is 7.86. The second-order valence-corrected chi connectivity index (χ2v) is 11.6. The van der Waals surface area contributed by atoms with E-state index in [0.29, 0.717) is 11.3 Å². The molecule has 0 bridgehead atoms. The van der Waals surface area contributed by atoms with Gasteiger partial charge in [-0.3, -0.25) is 14.6 Å². The predicted molar refractivity (Wildman–Crippen MR) is 188 cm³/mol. The van der Waals surface area contributed by atoms with E-state index in [2.05, 4.69) is 42.5 Å². The summed E-state index contributed by atoms with van der Waals surface area (Å²) < 4.78 is 0. The van der Waals surface area contributed by atoms with E-state index in [9.17, 15) is 14.7 Å². The number of fused-ring (bicyclic) bond motifs is 1. The number of H-pyrrole nitrogens is 2. The molecule has 0 fully saturated rings. The maximum absolute atomic E-state index is 12.0. The molecule has 0 radical (unpaired) electrons. The van der Waals surface area contributed by atoms with Crippen LogP contribution in [0.15, 0.2) is 113 Å². The summed E-state index contributed by atoms with van der Waals surface area (Å²) in [5.41, 5.74) is 5.85. The maximum atomic E-state index is 12.0. The van der Waals surface area contributed by atoms with E-state index < -0.39 is 5.60 Å². The second-order valence-electron chi connectivity index (χ2n) is 11.6. The molecule has 5 aromatic rings. The molecule has 3 heterocycles. The van der Waals surface area contributed by atoms with Gasteiger partial charge in [0.2, 0.25) is 5.56 Å². The van der Waals surface area contributed by atoms with Gasteiger partial charge in [-0.25, -0.2) is 0 Å². The van der Waals surface area contributed by atoms with Gasteiger partial charge in [-0.1, -0.05) is 87.2 Å². The average molecular weight is 604 g/mol. The fourth-order valence-electron chi connectivity index (χ4n) is 5.00. The number of pyridine rings is 3. The minimum Gasteiger partial charge on any atom is -0.379 e. The van der Waals surface area contributed by atoms with Gasteiger partial charge in [0, 0.05) is 28.1 Å². The lowest BCUT2D eigenvalue weighted by atomic mass is 9.82. The van der Waals surface area contributed by atoms with Crippen molar-refractivity contribution in [1.82, 2.24) is 15.0 Å². The van der Waals surface area contributed by atoms with Gasteiger partial charge in [0.25, 0.3) is 5.56 Å². The first-order valence-electron chi connectivity index (χ1n) is 15.2. The summed E-state index contributed by atoms with van der Waals surface area (Å²) in [5, 5.41) is 11.7. The Morgan fingerprint density at radius 3 is 2.16 bits per heavy atom. The Morgan fingerprint density at radius 1 is 0.800 bits per heavy atom. The van der Waals surface area contributed by atoms with Gasteiger partial charge >= 0.3 is 0 Å². The van der Waals surface area contributed by atoms with E-state index in [1.165, 1.54) is 6.07 Å². The molecule has 45 heavy (non-hydrogen) atoms. The molecule has 0 aliphatic rings. The van der Waals surface area contributed by atoms with Crippen LogP contribution in [-0.2, 0) is 11.0 Å². The molecule has 0 saturated heterocycles. The topological polar surface area (TPSA) is 98.8 Å². The summed E-state index contributed by atoms with van der Waals surface area (Å²) in [6.45, 7) is 19.6. The van der Waals surface area contributed by atoms with Gasteiger partial charge in [-0.05, 0) is 88.1 Å². The fourth-order valence-corrected chi connectivity index (χ4v) is 5.00. The van der Waals surface area contributed by atoms with Crippen LogP contribution < -0.4 is 11.1 Å². The molecule has 234 valence electrons. The number of benzene rings is 2. The molecule has 1 atom stereocenters. The lowest BCUT2D eigenvalue weighted by molar-refractivity contribution is 0.0970. The van der Waals surface area contributed by atoms with E-state index in [1.54, 1.807) is 25.1 Å². The minimum absolute atomic E-state index is 0.0329. The molecule has 2 aromatic carbocycles. The first-order chi connectivity index (χ1) is 21.3. The van der Waals surface area contributed by atoms with Crippen molar-refractivity contribution in [2.75, 3.05) is 0 Å². The highest BCUT2D eigenvalue weighted by molar-refractivity contribution is 5.78. The van der Waals surface area contributed by atoms with Gasteiger partial charge < -0.3 is 15.1 Å². The number of aromatic nitrogens is 3. The zero-order valence-electron chi connectivity index (χ0n) is 27.7. The highest BCUT2D eigenvalue weighted by Gasteiger charge is 2.28. The number of aliphatic hydroxyl groups is 1. The third kappa shape index (κ3) is 8.22. The third-order valence-corrected chi connectivity index (χ3v) is 7.86. The number of hydrogen-bond acceptors (Lipinski definition) is 4. The van der Waals surface area contributed by atoms with Gasteiger partial charge in [-0.15, -0.1) is 0 Å². The number of hydrogen-bond donors (Lipinski definition) is 3. The van der Waals surface area contributed by atoms with Crippen molar-refractivity contribution < 1.29 is 5.11 Å². The van der Waals surface area contributed by atoms with Crippen molar-refractivity contribution in [2.24, 2.45) is 0 Å².